The lowest BCUT2D eigenvalue weighted by Crippen LogP contribution is -2.42. The van der Waals surface area contributed by atoms with Gasteiger partial charge in [-0.2, -0.15) is 0 Å². The minimum atomic E-state index is -3.25. The van der Waals surface area contributed by atoms with Crippen molar-refractivity contribution < 1.29 is 12.8 Å². The Morgan fingerprint density at radius 1 is 1.53 bits per heavy atom. The summed E-state index contributed by atoms with van der Waals surface area (Å²) in [5.41, 5.74) is 5.90. The molecule has 0 fully saturated rings. The number of furan rings is 1. The molecule has 1 aromatic heterocycles. The summed E-state index contributed by atoms with van der Waals surface area (Å²) in [5.74, 6) is 0.449. The summed E-state index contributed by atoms with van der Waals surface area (Å²) in [5, 5.41) is 0. The highest BCUT2D eigenvalue weighted by atomic mass is 79.9. The van der Waals surface area contributed by atoms with E-state index in [0.29, 0.717) is 10.2 Å². The number of hydrogen-bond donors (Lipinski definition) is 1. The van der Waals surface area contributed by atoms with E-state index in [9.17, 15) is 8.42 Å². The van der Waals surface area contributed by atoms with Crippen LogP contribution in [0.5, 0.6) is 0 Å². The van der Waals surface area contributed by atoms with Gasteiger partial charge in [0.2, 0.25) is 0 Å². The molecule has 1 atom stereocenters. The Morgan fingerprint density at radius 2 is 2.07 bits per heavy atom. The van der Waals surface area contributed by atoms with Gasteiger partial charge in [-0.1, -0.05) is 0 Å². The van der Waals surface area contributed by atoms with Crippen LogP contribution in [0.1, 0.15) is 25.6 Å². The largest absolute Gasteiger partial charge is 0.466 e. The van der Waals surface area contributed by atoms with Crippen LogP contribution in [0.3, 0.4) is 0 Å². The standard InChI is InChI=1S/C9H14BrNO3S/c1-9(2,15(3,12)13)8(11)7-6(10)4-5-14-7/h4-5,8H,11H2,1-3H3. The maximum atomic E-state index is 11.6. The summed E-state index contributed by atoms with van der Waals surface area (Å²) in [6, 6.07) is 0.991. The predicted octanol–water partition coefficient (Wildman–Crippen LogP) is 1.87. The third-order valence-electron chi connectivity index (χ3n) is 2.63. The third-order valence-corrected chi connectivity index (χ3v) is 5.45. The monoisotopic (exact) mass is 295 g/mol. The topological polar surface area (TPSA) is 73.3 Å². The molecule has 0 saturated carbocycles. The predicted molar refractivity (Wildman–Crippen MR) is 62.3 cm³/mol. The summed E-state index contributed by atoms with van der Waals surface area (Å²) < 4.78 is 27.9. The molecular weight excluding hydrogens is 282 g/mol. The van der Waals surface area contributed by atoms with Crippen LogP contribution in [0.15, 0.2) is 21.2 Å². The molecule has 0 aromatic carbocycles. The maximum Gasteiger partial charge on any atom is 0.154 e. The minimum Gasteiger partial charge on any atom is -0.466 e. The van der Waals surface area contributed by atoms with Crippen molar-refractivity contribution in [3.8, 4) is 0 Å². The average molecular weight is 296 g/mol. The molecule has 0 spiro atoms. The van der Waals surface area contributed by atoms with Gasteiger partial charge >= 0.3 is 0 Å². The second-order valence-electron chi connectivity index (χ2n) is 3.99. The van der Waals surface area contributed by atoms with Crippen molar-refractivity contribution in [1.82, 2.24) is 0 Å². The summed E-state index contributed by atoms with van der Waals surface area (Å²) in [4.78, 5) is 0. The van der Waals surface area contributed by atoms with Gasteiger partial charge < -0.3 is 10.2 Å². The molecule has 0 bridgehead atoms. The highest BCUT2D eigenvalue weighted by molar-refractivity contribution is 9.10. The lowest BCUT2D eigenvalue weighted by molar-refractivity contribution is 0.406. The molecule has 0 saturated heterocycles. The Morgan fingerprint density at radius 3 is 2.40 bits per heavy atom. The van der Waals surface area contributed by atoms with Gasteiger partial charge in [-0.25, -0.2) is 8.42 Å². The fourth-order valence-electron chi connectivity index (χ4n) is 1.07. The first-order chi connectivity index (χ1) is 6.68. The SMILES string of the molecule is CC(C)(C(N)c1occc1Br)S(C)(=O)=O. The second kappa shape index (κ2) is 3.92. The Balaban J connectivity index is 3.16. The van der Waals surface area contributed by atoms with Crippen molar-refractivity contribution >= 4 is 25.8 Å². The van der Waals surface area contributed by atoms with Crippen LogP contribution in [0, 0.1) is 0 Å². The lowest BCUT2D eigenvalue weighted by Gasteiger charge is -2.28. The Bertz CT molecular complexity index is 450. The summed E-state index contributed by atoms with van der Waals surface area (Å²) in [6.45, 7) is 3.17. The molecule has 1 rings (SSSR count). The van der Waals surface area contributed by atoms with Gasteiger partial charge in [0.25, 0.3) is 0 Å². The fourth-order valence-corrected chi connectivity index (χ4v) is 2.09. The van der Waals surface area contributed by atoms with Crippen LogP contribution < -0.4 is 5.73 Å². The van der Waals surface area contributed by atoms with E-state index in [1.165, 1.54) is 12.5 Å². The van der Waals surface area contributed by atoms with Crippen LogP contribution in [0.2, 0.25) is 0 Å². The molecule has 0 aliphatic carbocycles. The van der Waals surface area contributed by atoms with Gasteiger partial charge in [-0.15, -0.1) is 0 Å². The molecule has 4 nitrogen and oxygen atoms in total. The van der Waals surface area contributed by atoms with Gasteiger partial charge in [0.05, 0.1) is 21.5 Å². The van der Waals surface area contributed by atoms with Crippen LogP contribution in [0.4, 0.5) is 0 Å². The van der Waals surface area contributed by atoms with Crippen LogP contribution >= 0.6 is 15.9 Å². The van der Waals surface area contributed by atoms with E-state index < -0.39 is 20.6 Å². The summed E-state index contributed by atoms with van der Waals surface area (Å²) >= 11 is 3.26. The van der Waals surface area contributed by atoms with Crippen molar-refractivity contribution in [2.45, 2.75) is 24.6 Å². The van der Waals surface area contributed by atoms with Crippen molar-refractivity contribution in [2.75, 3.05) is 6.26 Å². The van der Waals surface area contributed by atoms with E-state index in [0.717, 1.165) is 0 Å². The molecule has 0 aliphatic rings. The number of rotatable bonds is 3. The molecule has 6 heteroatoms. The van der Waals surface area contributed by atoms with Crippen LogP contribution in [0.25, 0.3) is 0 Å². The molecule has 0 aliphatic heterocycles. The van der Waals surface area contributed by atoms with Crippen molar-refractivity contribution in [2.24, 2.45) is 5.73 Å². The lowest BCUT2D eigenvalue weighted by atomic mass is 10.0. The molecule has 86 valence electrons. The number of hydrogen-bond acceptors (Lipinski definition) is 4. The quantitative estimate of drug-likeness (QED) is 0.924. The molecule has 0 amide bonds. The minimum absolute atomic E-state index is 0.449. The number of nitrogens with two attached hydrogens (primary N) is 1. The van der Waals surface area contributed by atoms with Crippen LogP contribution in [-0.2, 0) is 9.84 Å². The molecule has 1 heterocycles. The van der Waals surface area contributed by atoms with E-state index >= 15 is 0 Å². The molecule has 15 heavy (non-hydrogen) atoms. The Hall–Kier alpha value is -0.330. The van der Waals surface area contributed by atoms with Crippen LogP contribution in [-0.4, -0.2) is 19.4 Å². The van der Waals surface area contributed by atoms with Gasteiger partial charge in [-0.05, 0) is 35.8 Å². The third kappa shape index (κ3) is 2.26. The van der Waals surface area contributed by atoms with E-state index in [1.807, 2.05) is 0 Å². The normalized spacial score (nSPS) is 15.3. The summed E-state index contributed by atoms with van der Waals surface area (Å²) in [7, 11) is -3.25. The first-order valence-electron chi connectivity index (χ1n) is 4.36. The zero-order chi connectivity index (χ0) is 11.9. The van der Waals surface area contributed by atoms with Gasteiger partial charge in [-0.3, -0.25) is 0 Å². The Kier molecular flexibility index (Phi) is 3.33. The van der Waals surface area contributed by atoms with E-state index in [2.05, 4.69) is 15.9 Å². The van der Waals surface area contributed by atoms with Crippen molar-refractivity contribution in [3.63, 3.8) is 0 Å². The van der Waals surface area contributed by atoms with E-state index in [1.54, 1.807) is 19.9 Å². The maximum absolute atomic E-state index is 11.6. The number of sulfone groups is 1. The van der Waals surface area contributed by atoms with E-state index in [-0.39, 0.29) is 0 Å². The highest BCUT2D eigenvalue weighted by Crippen LogP contribution is 2.34. The summed E-state index contributed by atoms with van der Waals surface area (Å²) in [6.07, 6.45) is 2.64. The average Bonchev–Trinajstić information content (AvgIpc) is 2.48. The zero-order valence-corrected chi connectivity index (χ0v) is 11.2. The number of halogens is 1. The van der Waals surface area contributed by atoms with Gasteiger partial charge in [0.15, 0.2) is 9.84 Å². The Labute approximate surface area is 97.9 Å². The van der Waals surface area contributed by atoms with Gasteiger partial charge in [0, 0.05) is 6.26 Å². The highest BCUT2D eigenvalue weighted by Gasteiger charge is 2.40. The molecule has 1 aromatic rings. The van der Waals surface area contributed by atoms with Crippen molar-refractivity contribution in [3.05, 3.63) is 22.6 Å². The molecule has 0 radical (unpaired) electrons. The molecule has 1 unspecified atom stereocenters. The zero-order valence-electron chi connectivity index (χ0n) is 8.82. The first-order valence-corrected chi connectivity index (χ1v) is 7.04. The molecule has 2 N–H and O–H groups in total. The fraction of sp³-hybridized carbons (Fsp3) is 0.556. The first kappa shape index (κ1) is 12.7. The van der Waals surface area contributed by atoms with Gasteiger partial charge in [0.1, 0.15) is 5.76 Å². The smallest absolute Gasteiger partial charge is 0.154 e. The second-order valence-corrected chi connectivity index (χ2v) is 7.44. The van der Waals surface area contributed by atoms with E-state index in [4.69, 9.17) is 10.2 Å². The molecular formula is C9H14BrNO3S. The van der Waals surface area contributed by atoms with Crippen molar-refractivity contribution in [1.29, 1.82) is 0 Å².